The number of nitrogens with zero attached hydrogens (tertiary/aromatic N) is 3. The minimum atomic E-state index is -0.0784. The number of hydrogen-bond donors (Lipinski definition) is 2. The van der Waals surface area contributed by atoms with Crippen LogP contribution < -0.4 is 10.6 Å². The van der Waals surface area contributed by atoms with E-state index >= 15 is 0 Å². The van der Waals surface area contributed by atoms with Crippen LogP contribution in [0.1, 0.15) is 37.9 Å². The average molecular weight is 456 g/mol. The molecule has 33 heavy (non-hydrogen) atoms. The maximum absolute atomic E-state index is 11.3. The summed E-state index contributed by atoms with van der Waals surface area (Å²) >= 11 is 1.65. The van der Waals surface area contributed by atoms with Crippen molar-refractivity contribution >= 4 is 45.9 Å². The Morgan fingerprint density at radius 2 is 1.82 bits per heavy atom. The normalized spacial score (nSPS) is 14.2. The smallest absolute Gasteiger partial charge is 0.221 e. The lowest BCUT2D eigenvalue weighted by atomic mass is 10.0. The molecule has 1 amide bonds. The first-order valence-electron chi connectivity index (χ1n) is 11.0. The minimum absolute atomic E-state index is 0.0784. The number of pyridine rings is 1. The number of amides is 1. The fraction of sp³-hybridized carbons (Fsp3) is 0.231. The maximum Gasteiger partial charge on any atom is 0.221 e. The number of aryl methyl sites for hydroxylation is 1. The first-order chi connectivity index (χ1) is 15.9. The first kappa shape index (κ1) is 21.4. The largest absolute Gasteiger partial charge is 0.339 e. The van der Waals surface area contributed by atoms with Gasteiger partial charge in [0.25, 0.3) is 0 Å². The monoisotopic (exact) mass is 455 g/mol. The Balaban J connectivity index is 1.44. The van der Waals surface area contributed by atoms with E-state index in [2.05, 4.69) is 64.8 Å². The molecule has 2 aromatic carbocycles. The zero-order valence-electron chi connectivity index (χ0n) is 18.8. The highest BCUT2D eigenvalue weighted by Crippen LogP contribution is 2.47. The van der Waals surface area contributed by atoms with Gasteiger partial charge in [-0.1, -0.05) is 24.8 Å². The van der Waals surface area contributed by atoms with Crippen LogP contribution in [0.5, 0.6) is 0 Å². The van der Waals surface area contributed by atoms with Gasteiger partial charge in [-0.05, 0) is 73.9 Å². The molecule has 0 radical (unpaired) electrons. The van der Waals surface area contributed by atoms with Crippen LogP contribution in [0.3, 0.4) is 0 Å². The van der Waals surface area contributed by atoms with Gasteiger partial charge in [0.2, 0.25) is 5.91 Å². The molecule has 7 heteroatoms. The van der Waals surface area contributed by atoms with E-state index in [1.54, 1.807) is 18.1 Å². The van der Waals surface area contributed by atoms with E-state index in [9.17, 15) is 4.79 Å². The molecular weight excluding hydrogens is 430 g/mol. The summed E-state index contributed by atoms with van der Waals surface area (Å²) in [6.45, 7) is 5.83. The van der Waals surface area contributed by atoms with E-state index in [0.717, 1.165) is 43.6 Å². The summed E-state index contributed by atoms with van der Waals surface area (Å²) in [5, 5.41) is 7.22. The van der Waals surface area contributed by atoms with Gasteiger partial charge in [-0.25, -0.2) is 15.0 Å². The molecule has 0 bridgehead atoms. The second-order valence-corrected chi connectivity index (χ2v) is 9.90. The number of fused-ring (bicyclic) bond motifs is 1. The predicted molar refractivity (Wildman–Crippen MR) is 133 cm³/mol. The Bertz CT molecular complexity index is 1350. The van der Waals surface area contributed by atoms with Crippen molar-refractivity contribution in [1.29, 1.82) is 0 Å². The molecule has 166 valence electrons. The molecule has 0 aliphatic heterocycles. The molecule has 0 unspecified atom stereocenters. The molecule has 6 nitrogen and oxygen atoms in total. The van der Waals surface area contributed by atoms with Crippen molar-refractivity contribution in [3.8, 4) is 0 Å². The van der Waals surface area contributed by atoms with Gasteiger partial charge in [-0.15, -0.1) is 0 Å². The van der Waals surface area contributed by atoms with Gasteiger partial charge in [0.1, 0.15) is 12.1 Å². The van der Waals surface area contributed by atoms with Crippen LogP contribution in [0, 0.1) is 6.92 Å². The molecule has 5 rings (SSSR count). The number of carbonyl (C=O) groups is 1. The third-order valence-corrected chi connectivity index (χ3v) is 6.99. The third kappa shape index (κ3) is 4.68. The van der Waals surface area contributed by atoms with Gasteiger partial charge in [-0.3, -0.25) is 4.79 Å². The summed E-state index contributed by atoms with van der Waals surface area (Å²) in [5.74, 6) is 0.666. The van der Waals surface area contributed by atoms with Crippen LogP contribution in [0.2, 0.25) is 0 Å². The van der Waals surface area contributed by atoms with Gasteiger partial charge in [0.05, 0.1) is 11.1 Å². The van der Waals surface area contributed by atoms with Crippen molar-refractivity contribution in [3.63, 3.8) is 0 Å². The summed E-state index contributed by atoms with van der Waals surface area (Å²) in [4.78, 5) is 27.2. The van der Waals surface area contributed by atoms with E-state index in [-0.39, 0.29) is 11.3 Å². The maximum atomic E-state index is 11.3. The highest BCUT2D eigenvalue weighted by atomic mass is 32.2. The zero-order valence-corrected chi connectivity index (χ0v) is 19.7. The molecule has 1 aliphatic rings. The number of benzene rings is 2. The Morgan fingerprint density at radius 3 is 2.55 bits per heavy atom. The summed E-state index contributed by atoms with van der Waals surface area (Å²) in [6, 6.07) is 18.3. The summed E-state index contributed by atoms with van der Waals surface area (Å²) in [6.07, 6.45) is 3.93. The van der Waals surface area contributed by atoms with Gasteiger partial charge in [0, 0.05) is 33.5 Å². The summed E-state index contributed by atoms with van der Waals surface area (Å²) in [5.41, 5.74) is 4.94. The van der Waals surface area contributed by atoms with E-state index in [4.69, 9.17) is 4.98 Å². The van der Waals surface area contributed by atoms with Crippen molar-refractivity contribution in [2.75, 3.05) is 10.6 Å². The van der Waals surface area contributed by atoms with Crippen LogP contribution in [0.4, 0.5) is 17.2 Å². The number of hydrogen-bond acceptors (Lipinski definition) is 6. The van der Waals surface area contributed by atoms with Crippen molar-refractivity contribution in [2.45, 2.75) is 48.8 Å². The fourth-order valence-corrected chi connectivity index (χ4v) is 4.60. The lowest BCUT2D eigenvalue weighted by molar-refractivity contribution is -0.114. The Kier molecular flexibility index (Phi) is 5.50. The zero-order chi connectivity index (χ0) is 23.0. The van der Waals surface area contributed by atoms with Gasteiger partial charge in [0.15, 0.2) is 5.65 Å². The van der Waals surface area contributed by atoms with Crippen LogP contribution in [-0.2, 0) is 10.2 Å². The van der Waals surface area contributed by atoms with E-state index in [0.29, 0.717) is 5.65 Å². The molecular formula is C26H25N5OS. The Hall–Kier alpha value is -3.45. The van der Waals surface area contributed by atoms with Crippen LogP contribution in [-0.4, -0.2) is 20.9 Å². The SMILES string of the molecule is CC(=O)Nc1ccc(Sc2ccc(C)cc2Nc2ncnc3nc(C4(C)CC4)ccc23)cc1. The molecule has 1 fully saturated rings. The lowest BCUT2D eigenvalue weighted by Crippen LogP contribution is -2.05. The molecule has 0 spiro atoms. The minimum Gasteiger partial charge on any atom is -0.339 e. The van der Waals surface area contributed by atoms with Crippen LogP contribution in [0.15, 0.2) is 70.7 Å². The quantitative estimate of drug-likeness (QED) is 0.358. The molecule has 2 heterocycles. The van der Waals surface area contributed by atoms with Crippen molar-refractivity contribution in [1.82, 2.24) is 15.0 Å². The first-order valence-corrected chi connectivity index (χ1v) is 11.8. The molecule has 2 N–H and O–H groups in total. The average Bonchev–Trinajstić information content (AvgIpc) is 3.55. The molecule has 1 aliphatic carbocycles. The second-order valence-electron chi connectivity index (χ2n) is 8.78. The fourth-order valence-electron chi connectivity index (χ4n) is 3.72. The van der Waals surface area contributed by atoms with Gasteiger partial charge in [-0.2, -0.15) is 0 Å². The standard InChI is InChI=1S/C26H25N5OS/c1-16-4-10-22(33-19-7-5-18(6-8-19)29-17(2)32)21(14-16)30-24-20-9-11-23(26(3)12-13-26)31-25(20)28-15-27-24/h4-11,14-15H,12-13H2,1-3H3,(H,29,32)(H,27,28,30,31). The molecule has 4 aromatic rings. The van der Waals surface area contributed by atoms with E-state index in [1.807, 2.05) is 24.3 Å². The second kappa shape index (κ2) is 8.48. The van der Waals surface area contributed by atoms with Crippen molar-refractivity contribution in [2.24, 2.45) is 0 Å². The lowest BCUT2D eigenvalue weighted by Gasteiger charge is -2.14. The number of aromatic nitrogens is 3. The summed E-state index contributed by atoms with van der Waals surface area (Å²) in [7, 11) is 0. The van der Waals surface area contributed by atoms with E-state index < -0.39 is 0 Å². The third-order valence-electron chi connectivity index (χ3n) is 5.91. The van der Waals surface area contributed by atoms with Crippen molar-refractivity contribution in [3.05, 3.63) is 72.2 Å². The number of carbonyl (C=O) groups excluding carboxylic acids is 1. The number of rotatable bonds is 6. The molecule has 1 saturated carbocycles. The highest BCUT2D eigenvalue weighted by molar-refractivity contribution is 7.99. The molecule has 0 atom stereocenters. The predicted octanol–water partition coefficient (Wildman–Crippen LogP) is 6.24. The number of nitrogens with one attached hydrogen (secondary N) is 2. The topological polar surface area (TPSA) is 79.8 Å². The van der Waals surface area contributed by atoms with Gasteiger partial charge >= 0.3 is 0 Å². The van der Waals surface area contributed by atoms with Gasteiger partial charge < -0.3 is 10.6 Å². The van der Waals surface area contributed by atoms with Crippen molar-refractivity contribution < 1.29 is 4.79 Å². The highest BCUT2D eigenvalue weighted by Gasteiger charge is 2.40. The Labute approximate surface area is 197 Å². The molecule has 2 aromatic heterocycles. The van der Waals surface area contributed by atoms with Crippen LogP contribution in [0.25, 0.3) is 11.0 Å². The summed E-state index contributed by atoms with van der Waals surface area (Å²) < 4.78 is 0. The van der Waals surface area contributed by atoms with E-state index in [1.165, 1.54) is 19.8 Å². The van der Waals surface area contributed by atoms with Crippen LogP contribution >= 0.6 is 11.8 Å². The molecule has 0 saturated heterocycles. The Morgan fingerprint density at radius 1 is 1.03 bits per heavy atom. The number of anilines is 3.